The van der Waals surface area contributed by atoms with E-state index in [0.717, 1.165) is 12.8 Å². The summed E-state index contributed by atoms with van der Waals surface area (Å²) < 4.78 is 24.8. The fraction of sp³-hybridized carbons (Fsp3) is 0.750. The summed E-state index contributed by atoms with van der Waals surface area (Å²) in [7, 11) is -3.57. The molecule has 0 unspecified atom stereocenters. The fourth-order valence-electron chi connectivity index (χ4n) is 1.49. The second kappa shape index (κ2) is 5.55. The molecule has 1 fully saturated rings. The number of likely N-dealkylation sites (tertiary alicyclic amines) is 1. The fourth-order valence-corrected chi connectivity index (χ4v) is 2.77. The van der Waals surface area contributed by atoms with Crippen molar-refractivity contribution in [2.75, 3.05) is 25.4 Å². The van der Waals surface area contributed by atoms with Crippen LogP contribution < -0.4 is 10.5 Å². The molecule has 1 amide bonds. The lowest BCUT2D eigenvalue weighted by Crippen LogP contribution is -2.41. The number of thiocarbonyl (C=S) groups is 1. The van der Waals surface area contributed by atoms with E-state index in [0.29, 0.717) is 13.1 Å². The van der Waals surface area contributed by atoms with Crippen molar-refractivity contribution in [3.63, 3.8) is 0 Å². The van der Waals surface area contributed by atoms with Gasteiger partial charge in [-0.1, -0.05) is 12.2 Å². The van der Waals surface area contributed by atoms with E-state index in [4.69, 9.17) is 5.73 Å². The summed E-state index contributed by atoms with van der Waals surface area (Å²) in [6.07, 6.45) is 1.96. The summed E-state index contributed by atoms with van der Waals surface area (Å²) >= 11 is 4.49. The van der Waals surface area contributed by atoms with Gasteiger partial charge in [0.15, 0.2) is 0 Å². The van der Waals surface area contributed by atoms with Gasteiger partial charge in [0.05, 0.1) is 11.5 Å². The number of hydrogen-bond acceptors (Lipinski definition) is 4. The Bertz CT molecular complexity index is 374. The van der Waals surface area contributed by atoms with Gasteiger partial charge in [-0.2, -0.15) is 0 Å². The number of nitrogens with two attached hydrogens (primary N) is 1. The maximum Gasteiger partial charge on any atom is 0.237 e. The molecule has 0 bridgehead atoms. The predicted octanol–water partition coefficient (Wildman–Crippen LogP) is -1.19. The van der Waals surface area contributed by atoms with Crippen molar-refractivity contribution >= 4 is 33.1 Å². The Labute approximate surface area is 100 Å². The first kappa shape index (κ1) is 13.3. The van der Waals surface area contributed by atoms with Crippen molar-refractivity contribution in [2.24, 2.45) is 5.73 Å². The SMILES string of the molecule is NC(=S)CS(=O)(=O)NCC(=O)N1CCCC1. The Hall–Kier alpha value is -0.730. The highest BCUT2D eigenvalue weighted by molar-refractivity contribution is 7.92. The van der Waals surface area contributed by atoms with Crippen molar-refractivity contribution in [1.82, 2.24) is 9.62 Å². The Morgan fingerprint density at radius 1 is 1.38 bits per heavy atom. The van der Waals surface area contributed by atoms with Crippen LogP contribution in [0.3, 0.4) is 0 Å². The van der Waals surface area contributed by atoms with Crippen LogP contribution in [0.5, 0.6) is 0 Å². The summed E-state index contributed by atoms with van der Waals surface area (Å²) in [5, 5.41) is 0. The highest BCUT2D eigenvalue weighted by atomic mass is 32.2. The summed E-state index contributed by atoms with van der Waals surface area (Å²) in [4.78, 5) is 13.0. The molecule has 0 atom stereocenters. The smallest absolute Gasteiger partial charge is 0.237 e. The van der Waals surface area contributed by atoms with Gasteiger partial charge in [-0.3, -0.25) is 4.79 Å². The van der Waals surface area contributed by atoms with Crippen LogP contribution in [0.1, 0.15) is 12.8 Å². The van der Waals surface area contributed by atoms with Gasteiger partial charge in [-0.25, -0.2) is 13.1 Å². The number of amides is 1. The van der Waals surface area contributed by atoms with Crippen LogP contribution in [0.25, 0.3) is 0 Å². The molecule has 6 nitrogen and oxygen atoms in total. The van der Waals surface area contributed by atoms with E-state index in [1.54, 1.807) is 4.90 Å². The maximum absolute atomic E-state index is 11.5. The van der Waals surface area contributed by atoms with Gasteiger partial charge in [0, 0.05) is 13.1 Å². The van der Waals surface area contributed by atoms with Gasteiger partial charge >= 0.3 is 0 Å². The average molecular weight is 265 g/mol. The highest BCUT2D eigenvalue weighted by Crippen LogP contribution is 2.06. The van der Waals surface area contributed by atoms with Crippen LogP contribution in [-0.2, 0) is 14.8 Å². The minimum Gasteiger partial charge on any atom is -0.392 e. The first-order valence-electron chi connectivity index (χ1n) is 4.94. The Kier molecular flexibility index (Phi) is 4.63. The van der Waals surface area contributed by atoms with Gasteiger partial charge in [-0.05, 0) is 12.8 Å². The van der Waals surface area contributed by atoms with E-state index in [2.05, 4.69) is 16.9 Å². The molecule has 0 saturated carbocycles. The summed E-state index contributed by atoms with van der Waals surface area (Å²) in [5.74, 6) is -0.626. The van der Waals surface area contributed by atoms with E-state index in [9.17, 15) is 13.2 Å². The van der Waals surface area contributed by atoms with Crippen molar-refractivity contribution in [3.8, 4) is 0 Å². The zero-order chi connectivity index (χ0) is 12.2. The number of carbonyl (C=O) groups excluding carboxylic acids is 1. The molecule has 0 aromatic rings. The lowest BCUT2D eigenvalue weighted by molar-refractivity contribution is -0.128. The van der Waals surface area contributed by atoms with Crippen molar-refractivity contribution in [3.05, 3.63) is 0 Å². The Morgan fingerprint density at radius 2 is 1.94 bits per heavy atom. The molecule has 1 heterocycles. The third-order valence-corrected chi connectivity index (χ3v) is 3.84. The molecule has 16 heavy (non-hydrogen) atoms. The van der Waals surface area contributed by atoms with Crippen molar-refractivity contribution < 1.29 is 13.2 Å². The predicted molar refractivity (Wildman–Crippen MR) is 64.4 cm³/mol. The number of rotatable bonds is 5. The topological polar surface area (TPSA) is 92.5 Å². The van der Waals surface area contributed by atoms with Crippen LogP contribution in [0.4, 0.5) is 0 Å². The summed E-state index contributed by atoms with van der Waals surface area (Å²) in [6.45, 7) is 1.19. The molecular weight excluding hydrogens is 250 g/mol. The van der Waals surface area contributed by atoms with Crippen LogP contribution in [0, 0.1) is 0 Å². The average Bonchev–Trinajstić information content (AvgIpc) is 2.64. The number of carbonyl (C=O) groups is 1. The van der Waals surface area contributed by atoms with Crippen molar-refractivity contribution in [1.29, 1.82) is 0 Å². The monoisotopic (exact) mass is 265 g/mol. The number of sulfonamides is 1. The van der Waals surface area contributed by atoms with Crippen LogP contribution in [0.15, 0.2) is 0 Å². The third kappa shape index (κ3) is 4.42. The van der Waals surface area contributed by atoms with Crippen LogP contribution in [0.2, 0.25) is 0 Å². The van der Waals surface area contributed by atoms with Gasteiger partial charge < -0.3 is 10.6 Å². The standard InChI is InChI=1S/C8H15N3O3S2/c9-7(15)6-16(13,14)10-5-8(12)11-3-1-2-4-11/h10H,1-6H2,(H2,9,15). The second-order valence-corrected chi connectivity index (χ2v) is 5.97. The molecule has 1 aliphatic heterocycles. The first-order valence-corrected chi connectivity index (χ1v) is 7.00. The minimum atomic E-state index is -3.57. The van der Waals surface area contributed by atoms with E-state index < -0.39 is 15.8 Å². The maximum atomic E-state index is 11.5. The van der Waals surface area contributed by atoms with E-state index in [1.165, 1.54) is 0 Å². The number of nitrogens with one attached hydrogen (secondary N) is 1. The van der Waals surface area contributed by atoms with E-state index >= 15 is 0 Å². The lowest BCUT2D eigenvalue weighted by Gasteiger charge is -2.15. The quantitative estimate of drug-likeness (QED) is 0.610. The Morgan fingerprint density at radius 3 is 2.44 bits per heavy atom. The third-order valence-electron chi connectivity index (χ3n) is 2.23. The minimum absolute atomic E-state index is 0.110. The van der Waals surface area contributed by atoms with E-state index in [-0.39, 0.29) is 17.4 Å². The molecule has 1 aliphatic rings. The van der Waals surface area contributed by atoms with Gasteiger partial charge in [0.25, 0.3) is 0 Å². The van der Waals surface area contributed by atoms with Crippen LogP contribution >= 0.6 is 12.2 Å². The molecule has 1 rings (SSSR count). The number of nitrogens with zero attached hydrogens (tertiary/aromatic N) is 1. The molecule has 92 valence electrons. The molecule has 0 aromatic carbocycles. The molecule has 1 saturated heterocycles. The molecule has 8 heteroatoms. The largest absolute Gasteiger partial charge is 0.392 e. The van der Waals surface area contributed by atoms with Crippen molar-refractivity contribution in [2.45, 2.75) is 12.8 Å². The zero-order valence-electron chi connectivity index (χ0n) is 8.81. The summed E-state index contributed by atoms with van der Waals surface area (Å²) in [6, 6.07) is 0. The molecule has 0 aromatic heterocycles. The zero-order valence-corrected chi connectivity index (χ0v) is 10.4. The normalized spacial score (nSPS) is 16.4. The lowest BCUT2D eigenvalue weighted by atomic mass is 10.4. The molecule has 0 radical (unpaired) electrons. The second-order valence-electron chi connectivity index (χ2n) is 3.63. The summed E-state index contributed by atoms with van der Waals surface area (Å²) in [5.41, 5.74) is 5.12. The Balaban J connectivity index is 2.38. The van der Waals surface area contributed by atoms with Gasteiger partial charge in [0.2, 0.25) is 15.9 Å². The van der Waals surface area contributed by atoms with Gasteiger partial charge in [0.1, 0.15) is 5.75 Å². The van der Waals surface area contributed by atoms with Crippen LogP contribution in [-0.4, -0.2) is 49.6 Å². The first-order chi connectivity index (χ1) is 7.41. The molecule has 0 aliphatic carbocycles. The molecular formula is C8H15N3O3S2. The highest BCUT2D eigenvalue weighted by Gasteiger charge is 2.20. The number of hydrogen-bond donors (Lipinski definition) is 2. The van der Waals surface area contributed by atoms with E-state index in [1.807, 2.05) is 0 Å². The molecule has 0 spiro atoms. The van der Waals surface area contributed by atoms with Gasteiger partial charge in [-0.15, -0.1) is 0 Å². The molecule has 3 N–H and O–H groups in total.